The summed E-state index contributed by atoms with van der Waals surface area (Å²) in [6.45, 7) is 18.3. The summed E-state index contributed by atoms with van der Waals surface area (Å²) in [4.78, 5) is 77.9. The van der Waals surface area contributed by atoms with E-state index in [1.165, 1.54) is 35.3 Å². The Morgan fingerprint density at radius 2 is 0.710 bits per heavy atom. The second kappa shape index (κ2) is 45.3. The first-order valence-electron chi connectivity index (χ1n) is 41.0. The van der Waals surface area contributed by atoms with Gasteiger partial charge in [0.15, 0.2) is 17.5 Å². The molecule has 16 aromatic heterocycles. The van der Waals surface area contributed by atoms with Crippen molar-refractivity contribution in [2.24, 2.45) is 0 Å². The summed E-state index contributed by atoms with van der Waals surface area (Å²) in [7, 11) is 0. The van der Waals surface area contributed by atoms with E-state index in [0.29, 0.717) is 10.8 Å². The Kier molecular flexibility index (Phi) is 31.5. The van der Waals surface area contributed by atoms with Crippen LogP contribution in [0.4, 0.5) is 5.82 Å². The molecule has 1 aliphatic rings. The second-order valence-electron chi connectivity index (χ2n) is 28.8. The van der Waals surface area contributed by atoms with Crippen LogP contribution in [0.15, 0.2) is 257 Å². The zero-order chi connectivity index (χ0) is 90.6. The molecule has 20 nitrogen and oxygen atoms in total. The number of anilines is 1. The Hall–Kier alpha value is -14.7. The van der Waals surface area contributed by atoms with Crippen LogP contribution in [-0.2, 0) is 0 Å². The van der Waals surface area contributed by atoms with E-state index in [0.717, 1.165) is 178 Å². The fraction of sp³-hybridized carbons (Fsp3) is 0.136. The number of thioether (sulfide) groups is 1. The third kappa shape index (κ3) is 25.9. The van der Waals surface area contributed by atoms with E-state index in [1.807, 2.05) is 217 Å². The van der Waals surface area contributed by atoms with Gasteiger partial charge in [0.05, 0.1) is 63.5 Å². The summed E-state index contributed by atoms with van der Waals surface area (Å²) in [5.41, 5.74) is 17.1. The summed E-state index contributed by atoms with van der Waals surface area (Å²) >= 11 is 17.4. The normalized spacial score (nSPS) is 10.9. The highest BCUT2D eigenvalue weighted by Crippen LogP contribution is 2.30. The van der Waals surface area contributed by atoms with Gasteiger partial charge in [-0.3, -0.25) is 14.1 Å². The van der Waals surface area contributed by atoms with Gasteiger partial charge in [-0.25, -0.2) is 79.7 Å². The number of rotatable bonds is 7. The molecule has 19 aromatic rings. The zero-order valence-electron chi connectivity index (χ0n) is 72.5. The number of aryl methyl sites for hydroxylation is 7. The van der Waals surface area contributed by atoms with Crippen LogP contribution >= 0.6 is 91.4 Å². The number of hydrogen-bond acceptors (Lipinski definition) is 25. The van der Waals surface area contributed by atoms with E-state index in [2.05, 4.69) is 205 Å². The number of nitrogens with zero attached hydrogens (tertiary/aromatic N) is 20. The summed E-state index contributed by atoms with van der Waals surface area (Å²) in [5.74, 6) is 41.4. The Labute approximate surface area is 793 Å². The molecule has 0 unspecified atom stereocenters. The molecule has 0 N–H and O–H groups in total. The fourth-order valence-electron chi connectivity index (χ4n) is 12.7. The lowest BCUT2D eigenvalue weighted by Crippen LogP contribution is -2.29. The van der Waals surface area contributed by atoms with Crippen molar-refractivity contribution in [2.75, 3.05) is 24.2 Å². The van der Waals surface area contributed by atoms with Gasteiger partial charge in [-0.15, -0.1) is 79.8 Å². The number of thiazole rings is 6. The molecule has 1 fully saturated rings. The number of benzene rings is 3. The van der Waals surface area contributed by atoms with E-state index in [-0.39, 0.29) is 0 Å². The van der Waals surface area contributed by atoms with Gasteiger partial charge in [0.2, 0.25) is 0 Å². The second-order valence-corrected chi connectivity index (χ2v) is 36.4. The Bertz CT molecular complexity index is 7370. The van der Waals surface area contributed by atoms with E-state index in [9.17, 15) is 0 Å². The number of hydrogen-bond donors (Lipinski definition) is 0. The predicted octanol–water partition coefficient (Wildman–Crippen LogP) is 22.3. The lowest BCUT2D eigenvalue weighted by molar-refractivity contribution is 0.573. The number of fused-ring (bicyclic) bond motifs is 2. The van der Waals surface area contributed by atoms with Crippen LogP contribution in [0.1, 0.15) is 128 Å². The van der Waals surface area contributed by atoms with E-state index in [4.69, 9.17) is 11.6 Å². The van der Waals surface area contributed by atoms with E-state index < -0.39 is 0 Å². The van der Waals surface area contributed by atoms with Crippen LogP contribution in [0.5, 0.6) is 0 Å². The van der Waals surface area contributed by atoms with Crippen molar-refractivity contribution in [2.45, 2.75) is 79.5 Å². The monoisotopic (exact) mass is 1850 g/mol. The van der Waals surface area contributed by atoms with Gasteiger partial charge in [0.25, 0.3) is 0 Å². The third-order valence-corrected chi connectivity index (χ3v) is 25.1. The molecule has 1 saturated heterocycles. The van der Waals surface area contributed by atoms with Gasteiger partial charge in [0, 0.05) is 175 Å². The van der Waals surface area contributed by atoms with Gasteiger partial charge in [-0.05, 0) is 212 Å². The first-order valence-corrected chi connectivity index (χ1v) is 47.9. The summed E-state index contributed by atoms with van der Waals surface area (Å²) in [5, 5.41) is 20.7. The standard InChI is InChI=1S/2C18H12N4S.C18H15N3S.C17H13N3S2.C16H10ClN3S.C16H17N3S/c1-13-21-16(12-23-13)4-2-14-3-5-18(20-10-14)22-9-7-15-6-8-19-11-17(15)22;1-13-21-16(12-23-13)6-4-14-5-7-17(20-11-14)22-10-8-15-3-2-9-19-18(15)22;1-12-5-4-6-17(13(12)2)18-19-9-15(10-20-18)7-8-16-11-22-14(3)21-16;1-12-20-14(11-22-12)8-7-13-9-18-17(19-10-13)15-5-3-4-6-16(15)21-2;1-11-20-13(10-21-11)7-6-12-8-18-16(19-9-12)14-4-2-3-5-15(14)17;1-13-18-15(12-20-13)7-5-14-6-8-16(17-11-14)19-9-3-2-4-10-19/h3,5-12H,1H3;2-3,5,7-12H,1H3;4-6,9-11H,1-3H3;3-6,9-11H,1-2H3;2-5,8-10H,1H3;6,8,11-12H,2-4,9-10H2,1H3. The first kappa shape index (κ1) is 91.1. The molecular formula is C103H79ClN20S7. The summed E-state index contributed by atoms with van der Waals surface area (Å²) in [6, 6.07) is 43.8. The van der Waals surface area contributed by atoms with E-state index >= 15 is 0 Å². The number of halogens is 1. The fourth-order valence-corrected chi connectivity index (χ4v) is 16.8. The minimum atomic E-state index is 0.593. The maximum absolute atomic E-state index is 6.13. The van der Waals surface area contributed by atoms with Crippen molar-refractivity contribution in [3.63, 3.8) is 0 Å². The van der Waals surface area contributed by atoms with Crippen LogP contribution in [0.2, 0.25) is 5.02 Å². The zero-order valence-corrected chi connectivity index (χ0v) is 78.9. The predicted molar refractivity (Wildman–Crippen MR) is 534 cm³/mol. The van der Waals surface area contributed by atoms with Crippen molar-refractivity contribution in [3.8, 4) is 117 Å². The van der Waals surface area contributed by atoms with Gasteiger partial charge >= 0.3 is 0 Å². The van der Waals surface area contributed by atoms with Crippen molar-refractivity contribution < 1.29 is 0 Å². The molecular weight excluding hydrogens is 1780 g/mol. The largest absolute Gasteiger partial charge is 0.357 e. The average molecular weight is 1860 g/mol. The highest BCUT2D eigenvalue weighted by atomic mass is 35.5. The smallest absolute Gasteiger partial charge is 0.160 e. The molecule has 0 bridgehead atoms. The molecule has 640 valence electrons. The molecule has 0 saturated carbocycles. The molecule has 0 atom stereocenters. The lowest BCUT2D eigenvalue weighted by atomic mass is 10.0. The Morgan fingerprint density at radius 3 is 1.15 bits per heavy atom. The van der Waals surface area contributed by atoms with E-state index in [1.54, 1.807) is 142 Å². The number of piperidine rings is 1. The van der Waals surface area contributed by atoms with Crippen molar-refractivity contribution in [3.05, 3.63) is 366 Å². The van der Waals surface area contributed by atoms with Gasteiger partial charge in [-0.1, -0.05) is 95.7 Å². The van der Waals surface area contributed by atoms with Crippen LogP contribution in [0.25, 0.3) is 67.7 Å². The quantitative estimate of drug-likeness (QED) is 0.107. The Balaban J connectivity index is 0.000000120. The third-order valence-electron chi connectivity index (χ3n) is 19.3. The highest BCUT2D eigenvalue weighted by molar-refractivity contribution is 7.98. The number of pyridine rings is 5. The molecule has 17 heterocycles. The van der Waals surface area contributed by atoms with Gasteiger partial charge in [-0.2, -0.15) is 0 Å². The molecule has 1 aliphatic heterocycles. The topological polar surface area (TPSA) is 232 Å². The molecule has 28 heteroatoms. The molecule has 3 aromatic carbocycles. The van der Waals surface area contributed by atoms with Crippen molar-refractivity contribution in [1.29, 1.82) is 0 Å². The first-order chi connectivity index (χ1) is 64.0. The summed E-state index contributed by atoms with van der Waals surface area (Å²) < 4.78 is 3.99. The molecule has 131 heavy (non-hydrogen) atoms. The maximum atomic E-state index is 6.13. The molecule has 0 amide bonds. The van der Waals surface area contributed by atoms with Crippen LogP contribution < -0.4 is 4.90 Å². The molecule has 0 spiro atoms. The van der Waals surface area contributed by atoms with Crippen LogP contribution in [0.3, 0.4) is 0 Å². The molecule has 0 aliphatic carbocycles. The minimum Gasteiger partial charge on any atom is -0.357 e. The number of aromatic nitrogens is 19. The SMILES string of the molecule is CSc1ccccc1-c1ncc(C#Cc2csc(C)n2)cn1.Cc1nc(C#Cc2ccc(-n3ccc4cccnc43)nc2)cs1.Cc1nc(C#Cc2ccc(-n3ccc4ccncc43)nc2)cs1.Cc1nc(C#Cc2ccc(N3CCCCC3)nc2)cs1.Cc1nc(C#Cc2cnc(-c3cccc(C)c3C)nc2)cs1.Cc1nc(C#Cc2cnc(-c3ccccc3Cl)nc2)cs1. The maximum Gasteiger partial charge on any atom is 0.160 e. The highest BCUT2D eigenvalue weighted by Gasteiger charge is 2.15. The van der Waals surface area contributed by atoms with Gasteiger partial charge < -0.3 is 4.90 Å². The van der Waals surface area contributed by atoms with Crippen molar-refractivity contribution in [1.82, 2.24) is 93.9 Å². The average Bonchev–Trinajstić information content (AvgIpc) is 1.65. The lowest BCUT2D eigenvalue weighted by Gasteiger charge is -2.27. The molecule has 0 radical (unpaired) electrons. The van der Waals surface area contributed by atoms with Gasteiger partial charge in [0.1, 0.15) is 57.3 Å². The summed E-state index contributed by atoms with van der Waals surface area (Å²) in [6.07, 6.45) is 31.2. The van der Waals surface area contributed by atoms with Crippen molar-refractivity contribution >= 4 is 119 Å². The van der Waals surface area contributed by atoms with Crippen LogP contribution in [0, 0.1) is 126 Å². The van der Waals surface area contributed by atoms with Crippen LogP contribution in [-0.4, -0.2) is 113 Å². The molecule has 20 rings (SSSR count). The Morgan fingerprint density at radius 1 is 0.321 bits per heavy atom. The minimum absolute atomic E-state index is 0.593.